The largest absolute Gasteiger partial charge is 0.462 e. The molecule has 0 bridgehead atoms. The van der Waals surface area contributed by atoms with E-state index in [1.54, 1.807) is 5.48 Å². The van der Waals surface area contributed by atoms with Crippen molar-refractivity contribution in [3.05, 3.63) is 22.7 Å². The highest BCUT2D eigenvalue weighted by Crippen LogP contribution is 2.28. The number of aromatic nitrogens is 2. The van der Waals surface area contributed by atoms with Gasteiger partial charge < -0.3 is 30.5 Å². The van der Waals surface area contributed by atoms with Crippen LogP contribution >= 0.6 is 0 Å². The third-order valence-corrected chi connectivity index (χ3v) is 3.74. The summed E-state index contributed by atoms with van der Waals surface area (Å²) >= 11 is 0. The molecule has 25 heavy (non-hydrogen) atoms. The maximum absolute atomic E-state index is 11.9. The summed E-state index contributed by atoms with van der Waals surface area (Å²) in [7, 11) is 0. The van der Waals surface area contributed by atoms with Gasteiger partial charge in [0.25, 0.3) is 0 Å². The zero-order valence-electron chi connectivity index (χ0n) is 13.2. The van der Waals surface area contributed by atoms with E-state index in [2.05, 4.69) is 4.98 Å². The van der Waals surface area contributed by atoms with Crippen molar-refractivity contribution in [1.29, 1.82) is 0 Å². The molecular formula is C13H20N4O8. The van der Waals surface area contributed by atoms with Gasteiger partial charge in [0.1, 0.15) is 31.0 Å². The van der Waals surface area contributed by atoms with Gasteiger partial charge in [-0.05, 0) is 13.0 Å². The number of carbonyl (C=O) groups excluding carboxylic acids is 1. The first-order valence-electron chi connectivity index (χ1n) is 7.37. The van der Waals surface area contributed by atoms with Crippen LogP contribution < -0.4 is 16.9 Å². The molecule has 6 atom stereocenters. The van der Waals surface area contributed by atoms with Gasteiger partial charge in [-0.2, -0.15) is 4.98 Å². The molecule has 0 aliphatic carbocycles. The SMILES string of the molecule is C[C@@H](O)[C@H](N)C(=O)OC[C@H]1O[C@@H](n2ccc(NO)nc2=O)[C@H](O)[C@@H]1O. The van der Waals surface area contributed by atoms with Crippen LogP contribution in [0.5, 0.6) is 0 Å². The van der Waals surface area contributed by atoms with E-state index in [1.165, 1.54) is 19.2 Å². The Hall–Kier alpha value is -2.09. The Kier molecular flexibility index (Phi) is 6.05. The molecule has 0 aromatic carbocycles. The summed E-state index contributed by atoms with van der Waals surface area (Å²) in [6.45, 7) is 0.878. The molecule has 1 aromatic heterocycles. The van der Waals surface area contributed by atoms with Crippen molar-refractivity contribution in [2.75, 3.05) is 12.1 Å². The number of aliphatic hydroxyl groups is 3. The normalized spacial score (nSPS) is 28.4. The van der Waals surface area contributed by atoms with Crippen molar-refractivity contribution in [3.63, 3.8) is 0 Å². The minimum Gasteiger partial charge on any atom is -0.462 e. The fourth-order valence-electron chi connectivity index (χ4n) is 2.22. The van der Waals surface area contributed by atoms with E-state index in [-0.39, 0.29) is 5.82 Å². The molecule has 12 heteroatoms. The number of aliphatic hydroxyl groups excluding tert-OH is 3. The van der Waals surface area contributed by atoms with Gasteiger partial charge >= 0.3 is 11.7 Å². The number of hydrogen-bond acceptors (Lipinski definition) is 11. The van der Waals surface area contributed by atoms with Crippen molar-refractivity contribution < 1.29 is 34.8 Å². The molecule has 0 spiro atoms. The first-order valence-corrected chi connectivity index (χ1v) is 7.37. The molecule has 0 radical (unpaired) electrons. The number of hydrogen-bond donors (Lipinski definition) is 6. The lowest BCUT2D eigenvalue weighted by Gasteiger charge is -2.18. The molecule has 0 unspecified atom stereocenters. The van der Waals surface area contributed by atoms with Crippen LogP contribution in [0.4, 0.5) is 5.82 Å². The smallest absolute Gasteiger partial charge is 0.351 e. The van der Waals surface area contributed by atoms with Crippen LogP contribution in [0.1, 0.15) is 13.2 Å². The molecule has 2 heterocycles. The van der Waals surface area contributed by atoms with Gasteiger partial charge in [-0.25, -0.2) is 4.79 Å². The Morgan fingerprint density at radius 2 is 2.20 bits per heavy atom. The maximum Gasteiger partial charge on any atom is 0.351 e. The first-order chi connectivity index (χ1) is 11.8. The molecule has 1 saturated heterocycles. The molecule has 1 aliphatic heterocycles. The topological polar surface area (TPSA) is 189 Å². The number of ether oxygens (including phenoxy) is 2. The Morgan fingerprint density at radius 1 is 1.52 bits per heavy atom. The average molecular weight is 360 g/mol. The van der Waals surface area contributed by atoms with Crippen LogP contribution in [-0.4, -0.2) is 73.1 Å². The van der Waals surface area contributed by atoms with Crippen molar-refractivity contribution >= 4 is 11.8 Å². The molecule has 12 nitrogen and oxygen atoms in total. The molecule has 1 aliphatic rings. The van der Waals surface area contributed by atoms with Crippen LogP contribution in [0, 0.1) is 0 Å². The fourth-order valence-corrected chi connectivity index (χ4v) is 2.22. The summed E-state index contributed by atoms with van der Waals surface area (Å²) in [6.07, 6.45) is -5.23. The minimum absolute atomic E-state index is 0.105. The summed E-state index contributed by atoms with van der Waals surface area (Å²) in [5.41, 5.74) is 6.27. The second kappa shape index (κ2) is 7.86. The number of rotatable bonds is 6. The highest BCUT2D eigenvalue weighted by molar-refractivity contribution is 5.76. The van der Waals surface area contributed by atoms with Gasteiger partial charge in [-0.1, -0.05) is 0 Å². The predicted molar refractivity (Wildman–Crippen MR) is 80.4 cm³/mol. The second-order valence-electron chi connectivity index (χ2n) is 5.56. The van der Waals surface area contributed by atoms with Crippen LogP contribution in [0.15, 0.2) is 17.1 Å². The fraction of sp³-hybridized carbons (Fsp3) is 0.615. The summed E-state index contributed by atoms with van der Waals surface area (Å²) in [4.78, 5) is 27.0. The summed E-state index contributed by atoms with van der Waals surface area (Å²) in [5.74, 6) is -1.01. The van der Waals surface area contributed by atoms with Crippen molar-refractivity contribution in [2.24, 2.45) is 5.73 Å². The second-order valence-corrected chi connectivity index (χ2v) is 5.56. The monoisotopic (exact) mass is 360 g/mol. The Labute approximate surface area is 141 Å². The van der Waals surface area contributed by atoms with Crippen molar-refractivity contribution in [1.82, 2.24) is 9.55 Å². The van der Waals surface area contributed by atoms with E-state index in [1.807, 2.05) is 0 Å². The van der Waals surface area contributed by atoms with E-state index >= 15 is 0 Å². The predicted octanol–water partition coefficient (Wildman–Crippen LogP) is -3.09. The van der Waals surface area contributed by atoms with Gasteiger partial charge in [-0.15, -0.1) is 0 Å². The Bertz CT molecular complexity index is 666. The van der Waals surface area contributed by atoms with Gasteiger partial charge in [0.15, 0.2) is 12.0 Å². The van der Waals surface area contributed by atoms with Gasteiger partial charge in [0, 0.05) is 6.20 Å². The van der Waals surface area contributed by atoms with Gasteiger partial charge in [0.05, 0.1) is 6.10 Å². The number of nitrogens with zero attached hydrogens (tertiary/aromatic N) is 2. The molecule has 1 fully saturated rings. The van der Waals surface area contributed by atoms with E-state index in [9.17, 15) is 24.9 Å². The molecule has 0 amide bonds. The lowest BCUT2D eigenvalue weighted by Crippen LogP contribution is -2.43. The molecule has 2 rings (SSSR count). The molecular weight excluding hydrogens is 340 g/mol. The summed E-state index contributed by atoms with van der Waals surface area (Å²) in [6, 6.07) is -0.0107. The Balaban J connectivity index is 2.06. The minimum atomic E-state index is -1.48. The molecule has 1 aromatic rings. The van der Waals surface area contributed by atoms with Crippen molar-refractivity contribution in [2.45, 2.75) is 43.6 Å². The van der Waals surface area contributed by atoms with Crippen LogP contribution in [-0.2, 0) is 14.3 Å². The quantitative estimate of drug-likeness (QED) is 0.223. The third-order valence-electron chi connectivity index (χ3n) is 3.74. The summed E-state index contributed by atoms with van der Waals surface area (Å²) in [5, 5.41) is 38.0. The zero-order valence-corrected chi connectivity index (χ0v) is 13.2. The molecule has 0 saturated carbocycles. The number of anilines is 1. The average Bonchev–Trinajstić information content (AvgIpc) is 2.86. The number of nitrogens with two attached hydrogens (primary N) is 1. The highest BCUT2D eigenvalue weighted by Gasteiger charge is 2.45. The summed E-state index contributed by atoms with van der Waals surface area (Å²) < 4.78 is 11.1. The maximum atomic E-state index is 11.9. The molecule has 7 N–H and O–H groups in total. The van der Waals surface area contributed by atoms with E-state index in [4.69, 9.17) is 20.4 Å². The van der Waals surface area contributed by atoms with Crippen LogP contribution in [0.2, 0.25) is 0 Å². The number of esters is 1. The lowest BCUT2D eigenvalue weighted by atomic mass is 10.1. The van der Waals surface area contributed by atoms with Gasteiger partial charge in [-0.3, -0.25) is 20.0 Å². The third kappa shape index (κ3) is 4.12. The number of nitrogens with one attached hydrogen (secondary N) is 1. The van der Waals surface area contributed by atoms with Crippen molar-refractivity contribution in [3.8, 4) is 0 Å². The number of carbonyl (C=O) groups is 1. The van der Waals surface area contributed by atoms with Crippen LogP contribution in [0.25, 0.3) is 0 Å². The lowest BCUT2D eigenvalue weighted by molar-refractivity contribution is -0.154. The standard InChI is InChI=1S/C13H20N4O8/c1-5(18)8(14)12(21)24-4-6-9(19)10(20)11(25-6)17-3-2-7(16-23)15-13(17)22/h2-3,5-6,8-11,18-20,23H,4,14H2,1H3,(H,15,16,22)/t5-,6-,8+,9-,10-,11-/m1/s1. The van der Waals surface area contributed by atoms with E-state index in [0.717, 1.165) is 4.57 Å². The highest BCUT2D eigenvalue weighted by atomic mass is 16.6. The van der Waals surface area contributed by atoms with Crippen LogP contribution in [0.3, 0.4) is 0 Å². The van der Waals surface area contributed by atoms with E-state index in [0.29, 0.717) is 0 Å². The first kappa shape index (κ1) is 19.2. The van der Waals surface area contributed by atoms with Gasteiger partial charge in [0.2, 0.25) is 0 Å². The molecule has 140 valence electrons. The van der Waals surface area contributed by atoms with E-state index < -0.39 is 55.0 Å². The zero-order chi connectivity index (χ0) is 18.7. The Morgan fingerprint density at radius 3 is 2.76 bits per heavy atom.